The average molecular weight is 461 g/mol. The highest BCUT2D eigenvalue weighted by Gasteiger charge is 2.66. The van der Waals surface area contributed by atoms with Gasteiger partial charge in [-0.1, -0.05) is 18.2 Å². The molecule has 0 spiro atoms. The fourth-order valence-electron chi connectivity index (χ4n) is 5.73. The lowest BCUT2D eigenvalue weighted by molar-refractivity contribution is 0.415. The number of pyridine rings is 1. The van der Waals surface area contributed by atoms with Gasteiger partial charge in [-0.15, -0.1) is 0 Å². The van der Waals surface area contributed by atoms with Crippen molar-refractivity contribution in [2.24, 2.45) is 17.6 Å². The Morgan fingerprint density at radius 3 is 2.82 bits per heavy atom. The maximum absolute atomic E-state index is 14.6. The Morgan fingerprint density at radius 1 is 1.21 bits per heavy atom. The lowest BCUT2D eigenvalue weighted by Gasteiger charge is -2.26. The molecule has 2 fully saturated rings. The molecule has 1 saturated carbocycles. The first-order valence-corrected chi connectivity index (χ1v) is 11.3. The maximum Gasteiger partial charge on any atom is 0.177 e. The summed E-state index contributed by atoms with van der Waals surface area (Å²) in [5, 5.41) is 7.34. The van der Waals surface area contributed by atoms with Crippen molar-refractivity contribution in [2.75, 3.05) is 37.4 Å². The van der Waals surface area contributed by atoms with Crippen LogP contribution in [0.15, 0.2) is 42.6 Å². The van der Waals surface area contributed by atoms with Crippen molar-refractivity contribution in [1.82, 2.24) is 25.1 Å². The van der Waals surface area contributed by atoms with Gasteiger partial charge >= 0.3 is 0 Å². The third-order valence-corrected chi connectivity index (χ3v) is 7.47. The summed E-state index contributed by atoms with van der Waals surface area (Å²) in [6.45, 7) is 2.01. The minimum atomic E-state index is -0.307. The molecule has 0 bridgehead atoms. The molecule has 174 valence electrons. The Kier molecular flexibility index (Phi) is 4.66. The molecule has 0 radical (unpaired) electrons. The van der Waals surface area contributed by atoms with Crippen molar-refractivity contribution in [3.8, 4) is 17.1 Å². The van der Waals surface area contributed by atoms with E-state index in [1.54, 1.807) is 31.5 Å². The second-order valence-corrected chi connectivity index (χ2v) is 8.95. The summed E-state index contributed by atoms with van der Waals surface area (Å²) in [7, 11) is 1.54. The predicted molar refractivity (Wildman–Crippen MR) is 127 cm³/mol. The highest BCUT2D eigenvalue weighted by atomic mass is 19.1. The van der Waals surface area contributed by atoms with Crippen molar-refractivity contribution in [1.29, 1.82) is 0 Å². The molecular weight excluding hydrogens is 435 g/mol. The second kappa shape index (κ2) is 7.63. The Bertz CT molecular complexity index is 1390. The Hall–Kier alpha value is -3.79. The van der Waals surface area contributed by atoms with E-state index in [1.165, 1.54) is 6.07 Å². The molecule has 3 aromatic heterocycles. The zero-order valence-corrected chi connectivity index (χ0v) is 18.7. The van der Waals surface area contributed by atoms with Crippen molar-refractivity contribution >= 4 is 22.8 Å². The molecule has 0 unspecified atom stereocenters. The number of anilines is 2. The number of hydrogen-bond acceptors (Lipinski definition) is 8. The number of rotatable bonds is 5. The van der Waals surface area contributed by atoms with Gasteiger partial charge in [0.1, 0.15) is 22.8 Å². The highest BCUT2D eigenvalue weighted by Crippen LogP contribution is 2.63. The van der Waals surface area contributed by atoms with Gasteiger partial charge in [-0.05, 0) is 42.0 Å². The fourth-order valence-corrected chi connectivity index (χ4v) is 5.73. The molecular formula is C24H25FN8O. The van der Waals surface area contributed by atoms with Crippen LogP contribution in [-0.2, 0) is 5.41 Å². The maximum atomic E-state index is 14.6. The largest absolute Gasteiger partial charge is 0.493 e. The number of piperidine rings is 1. The van der Waals surface area contributed by atoms with Gasteiger partial charge < -0.3 is 21.1 Å². The summed E-state index contributed by atoms with van der Waals surface area (Å²) in [6, 6.07) is 10.5. The van der Waals surface area contributed by atoms with E-state index in [1.807, 2.05) is 12.1 Å². The molecule has 34 heavy (non-hydrogen) atoms. The summed E-state index contributed by atoms with van der Waals surface area (Å²) in [6.07, 6.45) is 2.68. The number of halogens is 1. The van der Waals surface area contributed by atoms with Gasteiger partial charge in [-0.25, -0.2) is 19.3 Å². The van der Waals surface area contributed by atoms with Crippen molar-refractivity contribution in [2.45, 2.75) is 11.8 Å². The number of aromatic amines is 1. The number of nitrogens with one attached hydrogen (secondary N) is 1. The van der Waals surface area contributed by atoms with Crippen LogP contribution in [0.25, 0.3) is 22.6 Å². The predicted octanol–water partition coefficient (Wildman–Crippen LogP) is 2.50. The van der Waals surface area contributed by atoms with Gasteiger partial charge in [0, 0.05) is 25.0 Å². The van der Waals surface area contributed by atoms with Crippen LogP contribution < -0.4 is 21.1 Å². The van der Waals surface area contributed by atoms with E-state index in [0.717, 1.165) is 30.9 Å². The third-order valence-electron chi connectivity index (χ3n) is 7.47. The van der Waals surface area contributed by atoms with E-state index in [4.69, 9.17) is 21.2 Å². The van der Waals surface area contributed by atoms with Crippen LogP contribution in [0.3, 0.4) is 0 Å². The van der Waals surface area contributed by atoms with Gasteiger partial charge in [0.2, 0.25) is 0 Å². The fraction of sp³-hybridized carbons (Fsp3) is 0.333. The number of hydrogen-bond donors (Lipinski definition) is 3. The van der Waals surface area contributed by atoms with Crippen LogP contribution in [0.4, 0.5) is 16.0 Å². The van der Waals surface area contributed by atoms with E-state index in [-0.39, 0.29) is 23.0 Å². The molecule has 1 aromatic carbocycles. The molecule has 5 N–H and O–H groups in total. The molecule has 3 atom stereocenters. The first kappa shape index (κ1) is 20.8. The quantitative estimate of drug-likeness (QED) is 0.414. The van der Waals surface area contributed by atoms with Gasteiger partial charge in [-0.3, -0.25) is 5.10 Å². The molecule has 4 aromatic rings. The van der Waals surface area contributed by atoms with Gasteiger partial charge in [-0.2, -0.15) is 5.10 Å². The SMILES string of the molecule is COc1ccc(-c2n[nH]c3nc(N4CC[C@@H]5[C@H](C4)[C@@]5(CN)c4ccccc4F)cnc23)nc1N. The van der Waals surface area contributed by atoms with E-state index in [2.05, 4.69) is 25.1 Å². The monoisotopic (exact) mass is 460 g/mol. The Balaban J connectivity index is 1.28. The second-order valence-electron chi connectivity index (χ2n) is 8.95. The van der Waals surface area contributed by atoms with Crippen molar-refractivity contribution in [3.05, 3.63) is 54.0 Å². The molecule has 6 rings (SSSR count). The number of nitrogens with zero attached hydrogens (tertiary/aromatic N) is 5. The van der Waals surface area contributed by atoms with Crippen LogP contribution >= 0.6 is 0 Å². The normalized spacial score (nSPS) is 23.7. The van der Waals surface area contributed by atoms with Gasteiger partial charge in [0.05, 0.1) is 19.0 Å². The molecule has 10 heteroatoms. The first-order valence-electron chi connectivity index (χ1n) is 11.3. The van der Waals surface area contributed by atoms with E-state index >= 15 is 0 Å². The zero-order valence-electron chi connectivity index (χ0n) is 18.7. The molecule has 0 amide bonds. The molecule has 1 saturated heterocycles. The number of ether oxygens (including phenoxy) is 1. The van der Waals surface area contributed by atoms with E-state index in [9.17, 15) is 4.39 Å². The number of methoxy groups -OCH3 is 1. The van der Waals surface area contributed by atoms with Crippen LogP contribution in [0.5, 0.6) is 5.75 Å². The lowest BCUT2D eigenvalue weighted by Crippen LogP contribution is -2.32. The Morgan fingerprint density at radius 2 is 2.06 bits per heavy atom. The summed E-state index contributed by atoms with van der Waals surface area (Å²) >= 11 is 0. The van der Waals surface area contributed by atoms with Crippen LogP contribution in [0.1, 0.15) is 12.0 Å². The van der Waals surface area contributed by atoms with Crippen LogP contribution in [0.2, 0.25) is 0 Å². The van der Waals surface area contributed by atoms with Crippen LogP contribution in [0, 0.1) is 17.7 Å². The number of nitrogens with two attached hydrogens (primary N) is 2. The van der Waals surface area contributed by atoms with E-state index in [0.29, 0.717) is 40.8 Å². The zero-order chi connectivity index (χ0) is 23.4. The standard InChI is InChI=1S/C24H25FN8O/c1-34-18-7-6-17(29-22(18)27)20-21-23(32-31-20)30-19(10-28-21)33-9-8-13-15(11-33)24(13,12-26)14-4-2-3-5-16(14)25/h2-7,10,13,15H,8-9,11-12,26H2,1H3,(H2,27,29)(H,30,31,32)/t13-,15+,24-/m1/s1. The van der Waals surface area contributed by atoms with Gasteiger partial charge in [0.25, 0.3) is 0 Å². The molecule has 1 aliphatic carbocycles. The molecule has 4 heterocycles. The average Bonchev–Trinajstić information content (AvgIpc) is 3.32. The summed E-state index contributed by atoms with van der Waals surface area (Å²) in [5.41, 5.74) is 15.0. The number of benzene rings is 1. The van der Waals surface area contributed by atoms with Crippen molar-refractivity contribution < 1.29 is 9.13 Å². The minimum absolute atomic E-state index is 0.173. The first-order chi connectivity index (χ1) is 16.6. The molecule has 1 aliphatic heterocycles. The topological polar surface area (TPSA) is 132 Å². The molecule has 2 aliphatic rings. The third kappa shape index (κ3) is 2.95. The number of nitrogen functional groups attached to an aromatic ring is 1. The number of fused-ring (bicyclic) bond motifs is 2. The lowest BCUT2D eigenvalue weighted by atomic mass is 9.91. The number of H-pyrrole nitrogens is 1. The summed E-state index contributed by atoms with van der Waals surface area (Å²) < 4.78 is 19.8. The van der Waals surface area contributed by atoms with Gasteiger partial charge in [0.15, 0.2) is 17.2 Å². The Labute approximate surface area is 195 Å². The number of aromatic nitrogens is 5. The smallest absolute Gasteiger partial charge is 0.177 e. The summed E-state index contributed by atoms with van der Waals surface area (Å²) in [4.78, 5) is 16.0. The minimum Gasteiger partial charge on any atom is -0.493 e. The summed E-state index contributed by atoms with van der Waals surface area (Å²) in [5.74, 6) is 2.04. The van der Waals surface area contributed by atoms with E-state index < -0.39 is 0 Å². The molecule has 9 nitrogen and oxygen atoms in total. The highest BCUT2D eigenvalue weighted by molar-refractivity contribution is 5.87. The van der Waals surface area contributed by atoms with Crippen LogP contribution in [-0.4, -0.2) is 51.9 Å². The van der Waals surface area contributed by atoms with Crippen molar-refractivity contribution in [3.63, 3.8) is 0 Å².